The molecule has 1 aliphatic rings. The molecule has 0 heterocycles. The fraction of sp³-hybridized carbons (Fsp3) is 0.889. The molecule has 1 aliphatic carbocycles. The van der Waals surface area contributed by atoms with Crippen LogP contribution in [0.2, 0.25) is 0 Å². The Bertz CT molecular complexity index is 144. The first-order chi connectivity index (χ1) is 5.25. The van der Waals surface area contributed by atoms with Crippen molar-refractivity contribution in [1.29, 1.82) is 0 Å². The van der Waals surface area contributed by atoms with Crippen molar-refractivity contribution in [3.8, 4) is 0 Å². The maximum Gasteiger partial charge on any atom is 0.152 e. The van der Waals surface area contributed by atoms with Gasteiger partial charge in [-0.1, -0.05) is 6.92 Å². The van der Waals surface area contributed by atoms with Gasteiger partial charge in [0.15, 0.2) is 5.78 Å². The summed E-state index contributed by atoms with van der Waals surface area (Å²) >= 11 is 0. The Hall–Kier alpha value is -0.370. The molecule has 1 fully saturated rings. The number of rotatable bonds is 4. The average molecular weight is 155 g/mol. The summed E-state index contributed by atoms with van der Waals surface area (Å²) < 4.78 is 0. The van der Waals surface area contributed by atoms with Gasteiger partial charge in [-0.2, -0.15) is 0 Å². The van der Waals surface area contributed by atoms with E-state index in [4.69, 9.17) is 0 Å². The van der Waals surface area contributed by atoms with Crippen molar-refractivity contribution in [3.63, 3.8) is 0 Å². The Morgan fingerprint density at radius 1 is 1.55 bits per heavy atom. The fourth-order valence-corrected chi connectivity index (χ4v) is 1.66. The molecule has 2 heteroatoms. The maximum absolute atomic E-state index is 11.5. The summed E-state index contributed by atoms with van der Waals surface area (Å²) in [6.07, 6.45) is 5.00. The van der Waals surface area contributed by atoms with Gasteiger partial charge in [-0.05, 0) is 32.7 Å². The number of nitrogens with one attached hydrogen (secondary N) is 1. The van der Waals surface area contributed by atoms with E-state index in [0.717, 1.165) is 25.7 Å². The van der Waals surface area contributed by atoms with Crippen LogP contribution in [-0.4, -0.2) is 18.4 Å². The van der Waals surface area contributed by atoms with Crippen molar-refractivity contribution in [2.24, 2.45) is 0 Å². The van der Waals surface area contributed by atoms with E-state index in [-0.39, 0.29) is 5.54 Å². The van der Waals surface area contributed by atoms with Gasteiger partial charge in [-0.25, -0.2) is 0 Å². The van der Waals surface area contributed by atoms with E-state index in [1.54, 1.807) is 0 Å². The van der Waals surface area contributed by atoms with Gasteiger partial charge in [0, 0.05) is 6.42 Å². The van der Waals surface area contributed by atoms with Gasteiger partial charge in [-0.3, -0.25) is 4.79 Å². The number of carbonyl (C=O) groups is 1. The zero-order chi connectivity index (χ0) is 8.32. The second kappa shape index (κ2) is 3.35. The first-order valence-electron chi connectivity index (χ1n) is 4.47. The third-order valence-electron chi connectivity index (χ3n) is 2.70. The van der Waals surface area contributed by atoms with E-state index in [2.05, 4.69) is 12.2 Å². The summed E-state index contributed by atoms with van der Waals surface area (Å²) in [6, 6.07) is 0. The van der Waals surface area contributed by atoms with E-state index in [9.17, 15) is 4.79 Å². The molecule has 1 rings (SSSR count). The Balaban J connectivity index is 2.47. The van der Waals surface area contributed by atoms with Crippen molar-refractivity contribution in [2.45, 2.75) is 44.6 Å². The Kier molecular flexibility index (Phi) is 2.66. The molecule has 1 N–H and O–H groups in total. The van der Waals surface area contributed by atoms with Crippen LogP contribution in [0, 0.1) is 0 Å². The van der Waals surface area contributed by atoms with Crippen molar-refractivity contribution in [2.75, 3.05) is 7.05 Å². The molecule has 0 saturated heterocycles. The lowest BCUT2D eigenvalue weighted by atomic mass is 9.73. The summed E-state index contributed by atoms with van der Waals surface area (Å²) in [5.74, 6) is 0.411. The zero-order valence-corrected chi connectivity index (χ0v) is 7.44. The molecule has 2 nitrogen and oxygen atoms in total. The maximum atomic E-state index is 11.5. The number of carbonyl (C=O) groups excluding carboxylic acids is 1. The summed E-state index contributed by atoms with van der Waals surface area (Å²) in [7, 11) is 1.90. The fourth-order valence-electron chi connectivity index (χ4n) is 1.66. The molecule has 0 aliphatic heterocycles. The van der Waals surface area contributed by atoms with E-state index < -0.39 is 0 Å². The minimum Gasteiger partial charge on any atom is -0.308 e. The molecule has 0 atom stereocenters. The SMILES string of the molecule is CCCC(=O)C1(NC)CCC1. The van der Waals surface area contributed by atoms with Crippen LogP contribution >= 0.6 is 0 Å². The number of hydrogen-bond acceptors (Lipinski definition) is 2. The van der Waals surface area contributed by atoms with Gasteiger partial charge in [0.1, 0.15) is 0 Å². The molecular weight excluding hydrogens is 138 g/mol. The summed E-state index contributed by atoms with van der Waals surface area (Å²) in [5, 5.41) is 3.15. The van der Waals surface area contributed by atoms with Crippen LogP contribution in [0.1, 0.15) is 39.0 Å². The monoisotopic (exact) mass is 155 g/mol. The molecular formula is C9H17NO. The Labute approximate surface area is 68.4 Å². The van der Waals surface area contributed by atoms with Crippen molar-refractivity contribution >= 4 is 5.78 Å². The number of Topliss-reactive ketones (excluding diaryl/α,β-unsaturated/α-hetero) is 1. The highest BCUT2D eigenvalue weighted by molar-refractivity contribution is 5.89. The van der Waals surface area contributed by atoms with Crippen LogP contribution in [0.3, 0.4) is 0 Å². The lowest BCUT2D eigenvalue weighted by Crippen LogP contribution is -2.55. The molecule has 11 heavy (non-hydrogen) atoms. The van der Waals surface area contributed by atoms with Crippen molar-refractivity contribution in [3.05, 3.63) is 0 Å². The van der Waals surface area contributed by atoms with Crippen molar-refractivity contribution < 1.29 is 4.79 Å². The van der Waals surface area contributed by atoms with Gasteiger partial charge < -0.3 is 5.32 Å². The third-order valence-corrected chi connectivity index (χ3v) is 2.70. The lowest BCUT2D eigenvalue weighted by molar-refractivity contribution is -0.128. The summed E-state index contributed by atoms with van der Waals surface area (Å²) in [4.78, 5) is 11.5. The van der Waals surface area contributed by atoms with Crippen molar-refractivity contribution in [1.82, 2.24) is 5.32 Å². The van der Waals surface area contributed by atoms with Crippen LogP contribution in [0.25, 0.3) is 0 Å². The molecule has 64 valence electrons. The van der Waals surface area contributed by atoms with Gasteiger partial charge in [0.2, 0.25) is 0 Å². The van der Waals surface area contributed by atoms with Gasteiger partial charge >= 0.3 is 0 Å². The minimum absolute atomic E-state index is 0.115. The van der Waals surface area contributed by atoms with E-state index in [1.807, 2.05) is 7.05 Å². The largest absolute Gasteiger partial charge is 0.308 e. The van der Waals surface area contributed by atoms with Crippen LogP contribution in [0.4, 0.5) is 0 Å². The summed E-state index contributed by atoms with van der Waals surface area (Å²) in [6.45, 7) is 2.06. The zero-order valence-electron chi connectivity index (χ0n) is 7.44. The van der Waals surface area contributed by atoms with E-state index in [1.165, 1.54) is 6.42 Å². The molecule has 0 aromatic heterocycles. The quantitative estimate of drug-likeness (QED) is 0.666. The summed E-state index contributed by atoms with van der Waals surface area (Å²) in [5.41, 5.74) is -0.115. The highest BCUT2D eigenvalue weighted by Gasteiger charge is 2.41. The smallest absolute Gasteiger partial charge is 0.152 e. The number of likely N-dealkylation sites (N-methyl/N-ethyl adjacent to an activating group) is 1. The normalized spacial score (nSPS) is 20.9. The third kappa shape index (κ3) is 1.45. The molecule has 0 amide bonds. The Morgan fingerprint density at radius 3 is 2.45 bits per heavy atom. The topological polar surface area (TPSA) is 29.1 Å². The predicted molar refractivity (Wildman–Crippen MR) is 45.6 cm³/mol. The van der Waals surface area contributed by atoms with Crippen LogP contribution in [-0.2, 0) is 4.79 Å². The highest BCUT2D eigenvalue weighted by atomic mass is 16.1. The van der Waals surface area contributed by atoms with Gasteiger partial charge in [0.05, 0.1) is 5.54 Å². The molecule has 1 saturated carbocycles. The molecule has 0 aromatic carbocycles. The molecule has 0 radical (unpaired) electrons. The average Bonchev–Trinajstić information content (AvgIpc) is 1.87. The van der Waals surface area contributed by atoms with E-state index >= 15 is 0 Å². The van der Waals surface area contributed by atoms with Crippen LogP contribution in [0.15, 0.2) is 0 Å². The second-order valence-electron chi connectivity index (χ2n) is 3.36. The number of ketones is 1. The lowest BCUT2D eigenvalue weighted by Gasteiger charge is -2.40. The first-order valence-corrected chi connectivity index (χ1v) is 4.47. The molecule has 0 bridgehead atoms. The number of hydrogen-bond donors (Lipinski definition) is 1. The minimum atomic E-state index is -0.115. The van der Waals surface area contributed by atoms with E-state index in [0.29, 0.717) is 5.78 Å². The second-order valence-corrected chi connectivity index (χ2v) is 3.36. The Morgan fingerprint density at radius 2 is 2.18 bits per heavy atom. The molecule has 0 spiro atoms. The predicted octanol–water partition coefficient (Wildman–Crippen LogP) is 1.50. The van der Waals surface area contributed by atoms with Crippen LogP contribution in [0.5, 0.6) is 0 Å². The highest BCUT2D eigenvalue weighted by Crippen LogP contribution is 2.33. The molecule has 0 unspecified atom stereocenters. The first kappa shape index (κ1) is 8.72. The standard InChI is InChI=1S/C9H17NO/c1-3-5-8(11)9(10-2)6-4-7-9/h10H,3-7H2,1-2H3. The van der Waals surface area contributed by atoms with Gasteiger partial charge in [0.25, 0.3) is 0 Å². The van der Waals surface area contributed by atoms with Crippen LogP contribution < -0.4 is 5.32 Å². The van der Waals surface area contributed by atoms with Gasteiger partial charge in [-0.15, -0.1) is 0 Å². The molecule has 0 aromatic rings.